The molecule has 0 fully saturated rings. The molecule has 0 aliphatic carbocycles. The Morgan fingerprint density at radius 1 is 1.38 bits per heavy atom. The van der Waals surface area contributed by atoms with Crippen LogP contribution in [-0.2, 0) is 6.54 Å². The van der Waals surface area contributed by atoms with Gasteiger partial charge in [0.15, 0.2) is 0 Å². The van der Waals surface area contributed by atoms with Crippen molar-refractivity contribution in [2.24, 2.45) is 0 Å². The van der Waals surface area contributed by atoms with E-state index in [0.29, 0.717) is 0 Å². The second kappa shape index (κ2) is 5.91. The highest BCUT2D eigenvalue weighted by Gasteiger charge is 2.06. The summed E-state index contributed by atoms with van der Waals surface area (Å²) < 4.78 is 1.13. The average Bonchev–Trinajstić information content (AvgIpc) is 2.87. The number of hydrogen-bond acceptors (Lipinski definition) is 4. The van der Waals surface area contributed by atoms with Gasteiger partial charge in [-0.25, -0.2) is 4.98 Å². The van der Waals surface area contributed by atoms with Crippen LogP contribution in [0, 0.1) is 0 Å². The van der Waals surface area contributed by atoms with Crippen molar-refractivity contribution in [3.05, 3.63) is 27.0 Å². The largest absolute Gasteiger partial charge is 0.311 e. The Labute approximate surface area is 112 Å². The maximum atomic E-state index is 4.61. The van der Waals surface area contributed by atoms with E-state index < -0.39 is 0 Å². The third-order valence-corrected chi connectivity index (χ3v) is 4.81. The fourth-order valence-electron chi connectivity index (χ4n) is 1.32. The summed E-state index contributed by atoms with van der Waals surface area (Å²) in [5, 5.41) is 8.69. The van der Waals surface area contributed by atoms with Crippen LogP contribution in [0.1, 0.15) is 19.0 Å². The molecule has 0 saturated heterocycles. The maximum Gasteiger partial charge on any atom is 0.133 e. The van der Waals surface area contributed by atoms with Crippen LogP contribution in [0.15, 0.2) is 21.3 Å². The lowest BCUT2D eigenvalue weighted by molar-refractivity contribution is 0.667. The normalized spacial score (nSPS) is 10.9. The van der Waals surface area contributed by atoms with Crippen molar-refractivity contribution in [1.29, 1.82) is 0 Å². The van der Waals surface area contributed by atoms with Crippen LogP contribution >= 0.6 is 38.6 Å². The first kappa shape index (κ1) is 12.2. The zero-order chi connectivity index (χ0) is 11.4. The highest BCUT2D eigenvalue weighted by atomic mass is 79.9. The first-order chi connectivity index (χ1) is 7.79. The van der Waals surface area contributed by atoms with Gasteiger partial charge in [-0.1, -0.05) is 6.92 Å². The molecule has 0 radical (unpaired) electrons. The molecule has 0 aliphatic rings. The van der Waals surface area contributed by atoms with Crippen LogP contribution in [0.5, 0.6) is 0 Å². The van der Waals surface area contributed by atoms with Gasteiger partial charge in [-0.2, -0.15) is 0 Å². The number of thiophene rings is 1. The topological polar surface area (TPSA) is 24.9 Å². The van der Waals surface area contributed by atoms with Crippen molar-refractivity contribution in [1.82, 2.24) is 10.3 Å². The lowest BCUT2D eigenvalue weighted by Crippen LogP contribution is -2.13. The van der Waals surface area contributed by atoms with Gasteiger partial charge in [-0.05, 0) is 35.0 Å². The van der Waals surface area contributed by atoms with E-state index in [1.165, 1.54) is 4.88 Å². The molecule has 0 saturated carbocycles. The van der Waals surface area contributed by atoms with E-state index in [4.69, 9.17) is 0 Å². The highest BCUT2D eigenvalue weighted by molar-refractivity contribution is 9.10. The van der Waals surface area contributed by atoms with Crippen LogP contribution in [0.4, 0.5) is 0 Å². The summed E-state index contributed by atoms with van der Waals surface area (Å²) in [5.74, 6) is 0. The first-order valence-corrected chi connectivity index (χ1v) is 7.74. The maximum absolute atomic E-state index is 4.61. The zero-order valence-corrected chi connectivity index (χ0v) is 12.2. The quantitative estimate of drug-likeness (QED) is 0.839. The van der Waals surface area contributed by atoms with Crippen molar-refractivity contribution in [2.75, 3.05) is 6.54 Å². The van der Waals surface area contributed by atoms with E-state index in [1.54, 1.807) is 22.7 Å². The molecular formula is C11H13BrN2S2. The summed E-state index contributed by atoms with van der Waals surface area (Å²) >= 11 is 6.90. The van der Waals surface area contributed by atoms with Gasteiger partial charge in [0.2, 0.25) is 0 Å². The molecule has 2 heterocycles. The van der Waals surface area contributed by atoms with E-state index in [-0.39, 0.29) is 0 Å². The summed E-state index contributed by atoms with van der Waals surface area (Å²) in [6.07, 6.45) is 1.16. The predicted molar refractivity (Wildman–Crippen MR) is 75.1 cm³/mol. The molecular weight excluding hydrogens is 304 g/mol. The molecule has 0 atom stereocenters. The fourth-order valence-corrected chi connectivity index (χ4v) is 3.65. The van der Waals surface area contributed by atoms with Crippen molar-refractivity contribution in [3.63, 3.8) is 0 Å². The standard InChI is InChI=1S/C11H13BrN2S2/c1-2-3-13-5-9-7-16-11(14-9)10-4-8(12)6-15-10/h4,6-7,13H,2-3,5H2,1H3. The minimum absolute atomic E-state index is 0.872. The Morgan fingerprint density at radius 3 is 2.94 bits per heavy atom. The van der Waals surface area contributed by atoms with Crippen LogP contribution in [0.25, 0.3) is 9.88 Å². The van der Waals surface area contributed by atoms with Gasteiger partial charge in [0.05, 0.1) is 10.6 Å². The van der Waals surface area contributed by atoms with E-state index in [2.05, 4.69) is 50.0 Å². The molecule has 86 valence electrons. The summed E-state index contributed by atoms with van der Waals surface area (Å²) in [5.41, 5.74) is 1.14. The number of nitrogens with zero attached hydrogens (tertiary/aromatic N) is 1. The van der Waals surface area contributed by atoms with E-state index in [1.807, 2.05) is 0 Å². The molecule has 0 bridgehead atoms. The molecule has 2 aromatic rings. The number of thiazole rings is 1. The molecule has 0 aliphatic heterocycles. The van der Waals surface area contributed by atoms with E-state index >= 15 is 0 Å². The SMILES string of the molecule is CCCNCc1csc(-c2cc(Br)cs2)n1. The third kappa shape index (κ3) is 3.13. The first-order valence-electron chi connectivity index (χ1n) is 5.19. The summed E-state index contributed by atoms with van der Waals surface area (Å²) in [7, 11) is 0. The van der Waals surface area contributed by atoms with Gasteiger partial charge >= 0.3 is 0 Å². The molecule has 2 aromatic heterocycles. The molecule has 0 amide bonds. The predicted octanol–water partition coefficient (Wildman–Crippen LogP) is 4.13. The van der Waals surface area contributed by atoms with E-state index in [0.717, 1.165) is 34.7 Å². The highest BCUT2D eigenvalue weighted by Crippen LogP contribution is 2.31. The molecule has 0 unspecified atom stereocenters. The Kier molecular flexibility index (Phi) is 4.52. The monoisotopic (exact) mass is 316 g/mol. The molecule has 2 nitrogen and oxygen atoms in total. The van der Waals surface area contributed by atoms with Gasteiger partial charge in [-0.15, -0.1) is 22.7 Å². The lowest BCUT2D eigenvalue weighted by atomic mass is 10.4. The average molecular weight is 317 g/mol. The number of halogens is 1. The number of aromatic nitrogens is 1. The second-order valence-corrected chi connectivity index (χ2v) is 6.13. The van der Waals surface area contributed by atoms with Crippen LogP contribution in [0.3, 0.4) is 0 Å². The minimum Gasteiger partial charge on any atom is -0.311 e. The Bertz CT molecular complexity index is 450. The van der Waals surface area contributed by atoms with Crippen LogP contribution in [0.2, 0.25) is 0 Å². The second-order valence-electron chi connectivity index (χ2n) is 3.45. The third-order valence-electron chi connectivity index (χ3n) is 2.06. The smallest absolute Gasteiger partial charge is 0.133 e. The fraction of sp³-hybridized carbons (Fsp3) is 0.364. The molecule has 0 aromatic carbocycles. The van der Waals surface area contributed by atoms with Gasteiger partial charge in [0.25, 0.3) is 0 Å². The van der Waals surface area contributed by atoms with Crippen LogP contribution < -0.4 is 5.32 Å². The number of nitrogens with one attached hydrogen (secondary N) is 1. The molecule has 16 heavy (non-hydrogen) atoms. The minimum atomic E-state index is 0.872. The van der Waals surface area contributed by atoms with Gasteiger partial charge in [-0.3, -0.25) is 0 Å². The lowest BCUT2D eigenvalue weighted by Gasteiger charge is -1.97. The Balaban J connectivity index is 2.02. The summed E-state index contributed by atoms with van der Waals surface area (Å²) in [4.78, 5) is 5.85. The van der Waals surface area contributed by atoms with Crippen molar-refractivity contribution < 1.29 is 0 Å². The number of hydrogen-bond donors (Lipinski definition) is 1. The van der Waals surface area contributed by atoms with Crippen molar-refractivity contribution in [3.8, 4) is 9.88 Å². The van der Waals surface area contributed by atoms with Gasteiger partial charge in [0, 0.05) is 21.8 Å². The summed E-state index contributed by atoms with van der Waals surface area (Å²) in [6.45, 7) is 4.09. The van der Waals surface area contributed by atoms with E-state index in [9.17, 15) is 0 Å². The molecule has 2 rings (SSSR count). The molecule has 0 spiro atoms. The molecule has 5 heteroatoms. The summed E-state index contributed by atoms with van der Waals surface area (Å²) in [6, 6.07) is 2.12. The zero-order valence-electron chi connectivity index (χ0n) is 9.00. The van der Waals surface area contributed by atoms with Gasteiger partial charge < -0.3 is 5.32 Å². The van der Waals surface area contributed by atoms with Crippen molar-refractivity contribution in [2.45, 2.75) is 19.9 Å². The Hall–Kier alpha value is -0.230. The Morgan fingerprint density at radius 2 is 2.25 bits per heavy atom. The van der Waals surface area contributed by atoms with Gasteiger partial charge in [0.1, 0.15) is 5.01 Å². The van der Waals surface area contributed by atoms with Crippen LogP contribution in [-0.4, -0.2) is 11.5 Å². The molecule has 1 N–H and O–H groups in total. The number of rotatable bonds is 5. The van der Waals surface area contributed by atoms with Crippen molar-refractivity contribution >= 4 is 38.6 Å².